The quantitative estimate of drug-likeness (QED) is 0.218. The summed E-state index contributed by atoms with van der Waals surface area (Å²) in [7, 11) is -1.11. The second-order valence-corrected chi connectivity index (χ2v) is 12.3. The molecule has 0 spiro atoms. The van der Waals surface area contributed by atoms with Crippen LogP contribution in [0.1, 0.15) is 43.4 Å². The minimum atomic E-state index is -1.11. The molecule has 0 aliphatic carbocycles. The van der Waals surface area contributed by atoms with Crippen molar-refractivity contribution in [1.29, 1.82) is 0 Å². The van der Waals surface area contributed by atoms with Crippen LogP contribution in [0.15, 0.2) is 78.9 Å². The van der Waals surface area contributed by atoms with Crippen molar-refractivity contribution in [3.8, 4) is 0 Å². The van der Waals surface area contributed by atoms with Gasteiger partial charge in [0, 0.05) is 57.0 Å². The summed E-state index contributed by atoms with van der Waals surface area (Å²) in [5.74, 6) is 0. The standard InChI is InChI=1S/C32H41N3O2S2/c1-25(2)33-20-22-34(23-21-33)29-16-12-27(13-17-29)32(31(11-8-24-36)26-9-6-5-7-10-26)28-14-18-30(19-15-28)35(38-3)39(4)37/h5-7,9-10,12-19,25,36H,8,11,20-24H2,1-4H3/b32-31+. The van der Waals surface area contributed by atoms with Gasteiger partial charge in [-0.1, -0.05) is 54.6 Å². The summed E-state index contributed by atoms with van der Waals surface area (Å²) in [6.07, 6.45) is 5.10. The van der Waals surface area contributed by atoms with Gasteiger partial charge in [0.1, 0.15) is 11.0 Å². The molecular weight excluding hydrogens is 523 g/mol. The molecule has 0 aromatic heterocycles. The van der Waals surface area contributed by atoms with Crippen LogP contribution in [0.25, 0.3) is 11.1 Å². The lowest BCUT2D eigenvalue weighted by Crippen LogP contribution is -2.48. The van der Waals surface area contributed by atoms with Gasteiger partial charge in [-0.05, 0) is 90.7 Å². The van der Waals surface area contributed by atoms with Crippen LogP contribution in [-0.4, -0.2) is 65.6 Å². The molecule has 3 aromatic carbocycles. The van der Waals surface area contributed by atoms with Crippen LogP contribution >= 0.6 is 11.9 Å². The van der Waals surface area contributed by atoms with E-state index in [4.69, 9.17) is 0 Å². The normalized spacial score (nSPS) is 15.8. The summed E-state index contributed by atoms with van der Waals surface area (Å²) in [6.45, 7) is 8.95. The molecule has 3 aromatic rings. The topological polar surface area (TPSA) is 47.0 Å². The number of hydrogen-bond acceptors (Lipinski definition) is 5. The number of anilines is 2. The fourth-order valence-electron chi connectivity index (χ4n) is 5.27. The van der Waals surface area contributed by atoms with E-state index >= 15 is 0 Å². The van der Waals surface area contributed by atoms with E-state index in [9.17, 15) is 9.32 Å². The third kappa shape index (κ3) is 7.34. The Morgan fingerprint density at radius 3 is 2.00 bits per heavy atom. The Kier molecular flexibility index (Phi) is 10.7. The monoisotopic (exact) mass is 563 g/mol. The zero-order chi connectivity index (χ0) is 27.8. The Morgan fingerprint density at radius 1 is 0.897 bits per heavy atom. The number of piperazine rings is 1. The first-order valence-corrected chi connectivity index (χ1v) is 16.4. The Labute approximate surface area is 241 Å². The van der Waals surface area contributed by atoms with Gasteiger partial charge in [-0.15, -0.1) is 0 Å². The van der Waals surface area contributed by atoms with Crippen LogP contribution in [0, 0.1) is 0 Å². The molecule has 0 amide bonds. The number of nitrogens with zero attached hydrogens (tertiary/aromatic N) is 3. The van der Waals surface area contributed by atoms with Gasteiger partial charge in [-0.2, -0.15) is 0 Å². The second-order valence-electron chi connectivity index (χ2n) is 10.1. The van der Waals surface area contributed by atoms with Crippen LogP contribution in [0.4, 0.5) is 11.4 Å². The van der Waals surface area contributed by atoms with E-state index in [0.29, 0.717) is 12.5 Å². The van der Waals surface area contributed by atoms with Crippen molar-refractivity contribution in [1.82, 2.24) is 4.90 Å². The first-order chi connectivity index (χ1) is 18.9. The average Bonchev–Trinajstić information content (AvgIpc) is 2.97. The van der Waals surface area contributed by atoms with Crippen LogP contribution in [0.3, 0.4) is 0 Å². The highest BCUT2D eigenvalue weighted by molar-refractivity contribution is 8.11. The third-order valence-corrected chi connectivity index (χ3v) is 9.64. The first-order valence-electron chi connectivity index (χ1n) is 13.7. The van der Waals surface area contributed by atoms with E-state index in [1.54, 1.807) is 6.26 Å². The van der Waals surface area contributed by atoms with E-state index in [0.717, 1.165) is 49.4 Å². The SMILES string of the molecule is CSN(c1ccc(/C(=C(\CCCO)c2ccccc2)c2ccc(N3CCN(C(C)C)CC3)cc2)cc1)S(C)=O. The molecule has 0 radical (unpaired) electrons. The number of allylic oxidation sites excluding steroid dienone is 1. The lowest BCUT2D eigenvalue weighted by Gasteiger charge is -2.38. The number of aliphatic hydroxyl groups excluding tert-OH is 1. The zero-order valence-corrected chi connectivity index (χ0v) is 25.2. The van der Waals surface area contributed by atoms with Gasteiger partial charge < -0.3 is 10.0 Å². The Bertz CT molecular complexity index is 1240. The maximum atomic E-state index is 12.2. The number of aliphatic hydroxyl groups is 1. The first kappa shape index (κ1) is 29.4. The predicted molar refractivity (Wildman–Crippen MR) is 171 cm³/mol. The van der Waals surface area contributed by atoms with Gasteiger partial charge in [0.05, 0.1) is 5.69 Å². The molecule has 1 atom stereocenters. The highest BCUT2D eigenvalue weighted by Gasteiger charge is 2.20. The molecule has 1 heterocycles. The molecule has 0 bridgehead atoms. The third-order valence-electron chi connectivity index (χ3n) is 7.34. The Morgan fingerprint density at radius 2 is 1.49 bits per heavy atom. The minimum Gasteiger partial charge on any atom is -0.396 e. The number of hydrogen-bond donors (Lipinski definition) is 1. The molecule has 39 heavy (non-hydrogen) atoms. The molecule has 208 valence electrons. The van der Waals surface area contributed by atoms with Gasteiger partial charge in [-0.25, -0.2) is 7.92 Å². The summed E-state index contributed by atoms with van der Waals surface area (Å²) in [4.78, 5) is 5.02. The van der Waals surface area contributed by atoms with E-state index in [-0.39, 0.29) is 6.61 Å². The highest BCUT2D eigenvalue weighted by Crippen LogP contribution is 2.37. The van der Waals surface area contributed by atoms with Gasteiger partial charge in [0.2, 0.25) is 0 Å². The molecule has 1 aliphatic rings. The maximum absolute atomic E-state index is 12.2. The molecule has 5 nitrogen and oxygen atoms in total. The molecule has 4 rings (SSSR count). The van der Waals surface area contributed by atoms with Gasteiger partial charge in [-0.3, -0.25) is 4.90 Å². The predicted octanol–water partition coefficient (Wildman–Crippen LogP) is 6.33. The zero-order valence-electron chi connectivity index (χ0n) is 23.5. The molecule has 0 saturated carbocycles. The molecular formula is C32H41N3O2S2. The van der Waals surface area contributed by atoms with Crippen LogP contribution in [-0.2, 0) is 11.0 Å². The average molecular weight is 564 g/mol. The van der Waals surface area contributed by atoms with Crippen LogP contribution < -0.4 is 8.61 Å². The summed E-state index contributed by atoms with van der Waals surface area (Å²) in [5.41, 5.74) is 8.00. The van der Waals surface area contributed by atoms with Crippen molar-refractivity contribution in [2.75, 3.05) is 53.9 Å². The molecule has 1 fully saturated rings. The van der Waals surface area contributed by atoms with Crippen molar-refractivity contribution in [3.05, 3.63) is 95.6 Å². The van der Waals surface area contributed by atoms with Crippen molar-refractivity contribution >= 4 is 45.5 Å². The summed E-state index contributed by atoms with van der Waals surface area (Å²) in [6, 6.07) is 28.4. The second kappa shape index (κ2) is 14.2. The Balaban J connectivity index is 1.75. The van der Waals surface area contributed by atoms with E-state index < -0.39 is 11.0 Å². The molecule has 1 saturated heterocycles. The van der Waals surface area contributed by atoms with Crippen molar-refractivity contribution < 1.29 is 9.32 Å². The van der Waals surface area contributed by atoms with E-state index in [1.165, 1.54) is 34.3 Å². The van der Waals surface area contributed by atoms with Gasteiger partial charge >= 0.3 is 0 Å². The summed E-state index contributed by atoms with van der Waals surface area (Å²) >= 11 is 1.46. The fraction of sp³-hybridized carbons (Fsp3) is 0.375. The molecule has 1 aliphatic heterocycles. The largest absolute Gasteiger partial charge is 0.396 e. The highest BCUT2D eigenvalue weighted by atomic mass is 32.2. The van der Waals surface area contributed by atoms with Crippen molar-refractivity contribution in [2.24, 2.45) is 0 Å². The maximum Gasteiger partial charge on any atom is 0.126 e. The summed E-state index contributed by atoms with van der Waals surface area (Å²) < 4.78 is 14.0. The van der Waals surface area contributed by atoms with Crippen molar-refractivity contribution in [3.63, 3.8) is 0 Å². The van der Waals surface area contributed by atoms with Crippen LogP contribution in [0.5, 0.6) is 0 Å². The Hall–Kier alpha value is -2.58. The van der Waals surface area contributed by atoms with E-state index in [2.05, 4.69) is 84.3 Å². The van der Waals surface area contributed by atoms with Crippen molar-refractivity contribution in [2.45, 2.75) is 32.7 Å². The number of benzene rings is 3. The smallest absolute Gasteiger partial charge is 0.126 e. The molecule has 1 unspecified atom stereocenters. The van der Waals surface area contributed by atoms with Gasteiger partial charge in [0.15, 0.2) is 0 Å². The van der Waals surface area contributed by atoms with Gasteiger partial charge in [0.25, 0.3) is 0 Å². The molecule has 1 N–H and O–H groups in total. The fourth-order valence-corrected chi connectivity index (χ4v) is 6.86. The minimum absolute atomic E-state index is 0.148. The van der Waals surface area contributed by atoms with E-state index in [1.807, 2.05) is 28.2 Å². The lowest BCUT2D eigenvalue weighted by molar-refractivity contribution is 0.209. The number of rotatable bonds is 11. The molecule has 7 heteroatoms. The lowest BCUT2D eigenvalue weighted by atomic mass is 9.87. The summed E-state index contributed by atoms with van der Waals surface area (Å²) in [5, 5.41) is 9.73. The van der Waals surface area contributed by atoms with Crippen LogP contribution in [0.2, 0.25) is 0 Å².